The zero-order chi connectivity index (χ0) is 12.5. The van der Waals surface area contributed by atoms with Crippen LogP contribution in [0.3, 0.4) is 0 Å². The van der Waals surface area contributed by atoms with E-state index in [2.05, 4.69) is 53.3 Å². The first-order valence-corrected chi connectivity index (χ1v) is 6.71. The summed E-state index contributed by atoms with van der Waals surface area (Å²) in [4.78, 5) is 1.23. The summed E-state index contributed by atoms with van der Waals surface area (Å²) in [6.45, 7) is 4.00. The Bertz CT molecular complexity index is 409. The van der Waals surface area contributed by atoms with Gasteiger partial charge in [0.1, 0.15) is 0 Å². The zero-order valence-corrected chi connectivity index (χ0v) is 11.4. The van der Waals surface area contributed by atoms with E-state index >= 15 is 0 Å². The summed E-state index contributed by atoms with van der Waals surface area (Å²) in [5.41, 5.74) is 2.52. The first-order valence-electron chi connectivity index (χ1n) is 5.89. The minimum absolute atomic E-state index is 1.23. The highest BCUT2D eigenvalue weighted by molar-refractivity contribution is 7.97. The van der Waals surface area contributed by atoms with E-state index < -0.39 is 0 Å². The van der Waals surface area contributed by atoms with Crippen LogP contribution in [0, 0.1) is 0 Å². The number of nitrogens with one attached hydrogen (secondary N) is 1. The number of rotatable bonds is 3. The molecule has 0 aliphatic rings. The van der Waals surface area contributed by atoms with Crippen LogP contribution >= 0.6 is 11.9 Å². The molecule has 0 amide bonds. The van der Waals surface area contributed by atoms with Gasteiger partial charge in [-0.15, -0.1) is 0 Å². The van der Waals surface area contributed by atoms with Crippen LogP contribution in [0.5, 0.6) is 0 Å². The maximum atomic E-state index is 3.06. The average Bonchev–Trinajstić information content (AvgIpc) is 2.43. The molecule has 0 fully saturated rings. The van der Waals surface area contributed by atoms with Crippen LogP contribution in [0.4, 0.5) is 0 Å². The summed E-state index contributed by atoms with van der Waals surface area (Å²) in [5.74, 6) is 0. The van der Waals surface area contributed by atoms with E-state index in [1.807, 2.05) is 27.0 Å². The van der Waals surface area contributed by atoms with Gasteiger partial charge in [-0.2, -0.15) is 0 Å². The largest absolute Gasteiger partial charge is 0.263 e. The first kappa shape index (κ1) is 13.8. The van der Waals surface area contributed by atoms with Crippen molar-refractivity contribution in [2.24, 2.45) is 0 Å². The Morgan fingerprint density at radius 3 is 1.82 bits per heavy atom. The van der Waals surface area contributed by atoms with Gasteiger partial charge in [0, 0.05) is 4.90 Å². The van der Waals surface area contributed by atoms with Crippen LogP contribution in [-0.2, 0) is 0 Å². The Hall–Kier alpha value is -1.25. The molecule has 0 heterocycles. The molecule has 2 aromatic carbocycles. The molecule has 1 nitrogen and oxygen atoms in total. The smallest absolute Gasteiger partial charge is 0.0228 e. The van der Waals surface area contributed by atoms with Gasteiger partial charge in [0.2, 0.25) is 0 Å². The molecule has 0 saturated heterocycles. The Balaban J connectivity index is 0.000000686. The van der Waals surface area contributed by atoms with Crippen molar-refractivity contribution < 1.29 is 0 Å². The van der Waals surface area contributed by atoms with Gasteiger partial charge in [-0.3, -0.25) is 4.72 Å². The lowest BCUT2D eigenvalue weighted by Crippen LogP contribution is -1.89. The summed E-state index contributed by atoms with van der Waals surface area (Å²) in [6.07, 6.45) is 0. The van der Waals surface area contributed by atoms with Crippen LogP contribution in [0.2, 0.25) is 0 Å². The van der Waals surface area contributed by atoms with Crippen molar-refractivity contribution in [2.45, 2.75) is 18.7 Å². The fourth-order valence-electron chi connectivity index (χ4n) is 1.46. The molecule has 90 valence electrons. The predicted molar refractivity (Wildman–Crippen MR) is 78.1 cm³/mol. The van der Waals surface area contributed by atoms with E-state index in [1.54, 1.807) is 11.9 Å². The highest BCUT2D eigenvalue weighted by Crippen LogP contribution is 2.22. The van der Waals surface area contributed by atoms with Crippen molar-refractivity contribution in [3.8, 4) is 11.1 Å². The SMILES string of the molecule is CC.CNSc1ccc(-c2ccccc2)cc1. The van der Waals surface area contributed by atoms with Crippen LogP contribution < -0.4 is 4.72 Å². The van der Waals surface area contributed by atoms with Gasteiger partial charge in [0.15, 0.2) is 0 Å². The lowest BCUT2D eigenvalue weighted by molar-refractivity contribution is 1.28. The van der Waals surface area contributed by atoms with Gasteiger partial charge >= 0.3 is 0 Å². The molecule has 2 aromatic rings. The highest BCUT2D eigenvalue weighted by atomic mass is 32.2. The molecule has 0 spiro atoms. The van der Waals surface area contributed by atoms with Crippen LogP contribution in [0.1, 0.15) is 13.8 Å². The van der Waals surface area contributed by atoms with Crippen LogP contribution in [-0.4, -0.2) is 7.05 Å². The third-order valence-corrected chi connectivity index (χ3v) is 2.89. The van der Waals surface area contributed by atoms with E-state index in [4.69, 9.17) is 0 Å². The molecule has 0 unspecified atom stereocenters. The average molecular weight is 245 g/mol. The van der Waals surface area contributed by atoms with Crippen LogP contribution in [0.15, 0.2) is 59.5 Å². The van der Waals surface area contributed by atoms with E-state index in [0.717, 1.165) is 0 Å². The summed E-state index contributed by atoms with van der Waals surface area (Å²) in [7, 11) is 1.93. The van der Waals surface area contributed by atoms with Gasteiger partial charge in [-0.1, -0.05) is 56.3 Å². The summed E-state index contributed by atoms with van der Waals surface area (Å²) >= 11 is 1.63. The lowest BCUT2D eigenvalue weighted by Gasteiger charge is -2.03. The minimum Gasteiger partial charge on any atom is -0.263 e. The summed E-state index contributed by atoms with van der Waals surface area (Å²) < 4.78 is 3.06. The quantitative estimate of drug-likeness (QED) is 0.793. The molecule has 0 aliphatic carbocycles. The third-order valence-electron chi connectivity index (χ3n) is 2.18. The Kier molecular flexibility index (Phi) is 6.45. The van der Waals surface area contributed by atoms with Crippen molar-refractivity contribution in [3.05, 3.63) is 54.6 Å². The van der Waals surface area contributed by atoms with E-state index in [9.17, 15) is 0 Å². The zero-order valence-electron chi connectivity index (χ0n) is 10.6. The van der Waals surface area contributed by atoms with Gasteiger partial charge < -0.3 is 0 Å². The van der Waals surface area contributed by atoms with E-state index in [0.29, 0.717) is 0 Å². The van der Waals surface area contributed by atoms with Crippen molar-refractivity contribution in [3.63, 3.8) is 0 Å². The molecule has 0 bridgehead atoms. The summed E-state index contributed by atoms with van der Waals surface area (Å²) in [5, 5.41) is 0. The van der Waals surface area contributed by atoms with Crippen molar-refractivity contribution >= 4 is 11.9 Å². The number of hydrogen-bond acceptors (Lipinski definition) is 2. The molecule has 2 heteroatoms. The van der Waals surface area contributed by atoms with E-state index in [1.165, 1.54) is 16.0 Å². The predicted octanol–water partition coefficient (Wildman–Crippen LogP) is 4.61. The number of benzene rings is 2. The maximum Gasteiger partial charge on any atom is 0.0228 e. The molecule has 0 aliphatic heterocycles. The van der Waals surface area contributed by atoms with E-state index in [-0.39, 0.29) is 0 Å². The Morgan fingerprint density at radius 2 is 1.29 bits per heavy atom. The molecule has 0 radical (unpaired) electrons. The van der Waals surface area contributed by atoms with Crippen molar-refractivity contribution in [1.82, 2.24) is 4.72 Å². The standard InChI is InChI=1S/C13H13NS.C2H6/c1-14-15-13-9-7-12(8-10-13)11-5-3-2-4-6-11;1-2/h2-10,14H,1H3;1-2H3. The molecule has 2 rings (SSSR count). The molecule has 17 heavy (non-hydrogen) atoms. The maximum absolute atomic E-state index is 3.06. The minimum atomic E-state index is 1.23. The van der Waals surface area contributed by atoms with Gasteiger partial charge in [0.05, 0.1) is 0 Å². The molecule has 0 saturated carbocycles. The summed E-state index contributed by atoms with van der Waals surface area (Å²) in [6, 6.07) is 19.0. The fraction of sp³-hybridized carbons (Fsp3) is 0.200. The van der Waals surface area contributed by atoms with Crippen molar-refractivity contribution in [1.29, 1.82) is 0 Å². The normalized spacial score (nSPS) is 9.35. The molecule has 0 atom stereocenters. The molecular formula is C15H19NS. The molecule has 1 N–H and O–H groups in total. The fourth-order valence-corrected chi connectivity index (χ4v) is 1.97. The van der Waals surface area contributed by atoms with Crippen LogP contribution in [0.25, 0.3) is 11.1 Å². The first-order chi connectivity index (χ1) is 8.40. The Morgan fingerprint density at radius 1 is 0.765 bits per heavy atom. The third kappa shape index (κ3) is 4.25. The van der Waals surface area contributed by atoms with Gasteiger partial charge in [-0.05, 0) is 42.3 Å². The van der Waals surface area contributed by atoms with Crippen molar-refractivity contribution in [2.75, 3.05) is 7.05 Å². The Labute approximate surface area is 108 Å². The molecule has 0 aromatic heterocycles. The second-order valence-electron chi connectivity index (χ2n) is 3.20. The van der Waals surface area contributed by atoms with Gasteiger partial charge in [0.25, 0.3) is 0 Å². The monoisotopic (exact) mass is 245 g/mol. The highest BCUT2D eigenvalue weighted by Gasteiger charge is 1.96. The second kappa shape index (κ2) is 7.93. The number of hydrogen-bond donors (Lipinski definition) is 1. The molecular weight excluding hydrogens is 226 g/mol. The van der Waals surface area contributed by atoms with Gasteiger partial charge in [-0.25, -0.2) is 0 Å². The second-order valence-corrected chi connectivity index (χ2v) is 4.28. The lowest BCUT2D eigenvalue weighted by atomic mass is 10.1. The topological polar surface area (TPSA) is 12.0 Å².